The Morgan fingerprint density at radius 3 is 1.40 bits per heavy atom. The minimum atomic E-state index is 0.675. The highest BCUT2D eigenvalue weighted by molar-refractivity contribution is 6.11. The van der Waals surface area contributed by atoms with Gasteiger partial charge in [-0.25, -0.2) is 9.97 Å². The van der Waals surface area contributed by atoms with E-state index in [0.717, 1.165) is 72.5 Å². The van der Waals surface area contributed by atoms with Crippen molar-refractivity contribution < 1.29 is 0 Å². The Bertz CT molecular complexity index is 3350. The molecule has 5 heteroatoms. The van der Waals surface area contributed by atoms with Crippen molar-refractivity contribution >= 4 is 54.4 Å². The van der Waals surface area contributed by atoms with Crippen LogP contribution in [0.1, 0.15) is 0 Å². The Morgan fingerprint density at radius 1 is 0.333 bits per heavy atom. The van der Waals surface area contributed by atoms with Gasteiger partial charge in [0.05, 0.1) is 33.5 Å². The highest BCUT2D eigenvalue weighted by atomic mass is 15.0. The molecule has 0 aliphatic heterocycles. The van der Waals surface area contributed by atoms with Gasteiger partial charge >= 0.3 is 0 Å². The SMILES string of the molecule is c1ccc(-c2nc(-c3ccc(-c4cccc5cnccc45)cc3)cc(-c3cc(-n4c5ccccc5c5ccccc54)cc(-n4c5ccccc5c5ccccc54)c3)n2)cc1. The molecule has 0 bridgehead atoms. The average molecular weight is 766 g/mol. The van der Waals surface area contributed by atoms with Gasteiger partial charge in [-0.3, -0.25) is 4.98 Å². The fourth-order valence-corrected chi connectivity index (χ4v) is 9.06. The number of nitrogens with zero attached hydrogens (tertiary/aromatic N) is 5. The first-order valence-electron chi connectivity index (χ1n) is 20.3. The van der Waals surface area contributed by atoms with Gasteiger partial charge in [0.15, 0.2) is 5.82 Å². The summed E-state index contributed by atoms with van der Waals surface area (Å²) in [6.45, 7) is 0. The van der Waals surface area contributed by atoms with E-state index in [1.807, 2.05) is 30.6 Å². The van der Waals surface area contributed by atoms with Crippen LogP contribution < -0.4 is 0 Å². The van der Waals surface area contributed by atoms with Gasteiger partial charge in [0.1, 0.15) is 0 Å². The maximum atomic E-state index is 5.36. The molecule has 0 amide bonds. The summed E-state index contributed by atoms with van der Waals surface area (Å²) >= 11 is 0. The van der Waals surface area contributed by atoms with Crippen LogP contribution in [0.5, 0.6) is 0 Å². The standard InChI is InChI=1S/C55H35N5/c1-2-13-38(14-3-1)55-57-49(37-27-25-36(26-28-37)43-20-12-15-39-35-56-30-29-44(39)43)34-50(58-55)40-31-41(59-51-21-8-4-16-45(51)46-17-5-9-22-52(46)59)33-42(32-40)60-53-23-10-6-18-47(53)48-19-7-11-24-54(48)60/h1-35H. The predicted molar refractivity (Wildman–Crippen MR) is 248 cm³/mol. The zero-order valence-electron chi connectivity index (χ0n) is 32.4. The number of aromatic nitrogens is 5. The molecule has 0 radical (unpaired) electrons. The van der Waals surface area contributed by atoms with Gasteiger partial charge < -0.3 is 9.13 Å². The second kappa shape index (κ2) is 13.8. The minimum Gasteiger partial charge on any atom is -0.309 e. The van der Waals surface area contributed by atoms with Crippen molar-refractivity contribution in [1.82, 2.24) is 24.1 Å². The van der Waals surface area contributed by atoms with Crippen molar-refractivity contribution in [3.63, 3.8) is 0 Å². The van der Waals surface area contributed by atoms with Gasteiger partial charge in [0.2, 0.25) is 0 Å². The molecule has 8 aromatic carbocycles. The van der Waals surface area contributed by atoms with E-state index in [4.69, 9.17) is 9.97 Å². The Hall–Kier alpha value is -8.15. The number of fused-ring (bicyclic) bond motifs is 7. The molecular weight excluding hydrogens is 731 g/mol. The predicted octanol–water partition coefficient (Wildman–Crippen LogP) is 13.9. The molecule has 0 aliphatic rings. The van der Waals surface area contributed by atoms with Crippen molar-refractivity contribution in [2.24, 2.45) is 0 Å². The monoisotopic (exact) mass is 765 g/mol. The topological polar surface area (TPSA) is 48.5 Å². The lowest BCUT2D eigenvalue weighted by atomic mass is 9.97. The van der Waals surface area contributed by atoms with E-state index in [1.54, 1.807) is 0 Å². The molecule has 0 aliphatic carbocycles. The molecule has 0 fully saturated rings. The van der Waals surface area contributed by atoms with Crippen molar-refractivity contribution in [2.75, 3.05) is 0 Å². The molecule has 12 rings (SSSR count). The summed E-state index contributed by atoms with van der Waals surface area (Å²) < 4.78 is 4.79. The molecule has 0 N–H and O–H groups in total. The number of hydrogen-bond acceptors (Lipinski definition) is 3. The molecule has 4 aromatic heterocycles. The second-order valence-electron chi connectivity index (χ2n) is 15.3. The van der Waals surface area contributed by atoms with E-state index in [2.05, 4.69) is 196 Å². The third-order valence-corrected chi connectivity index (χ3v) is 11.8. The summed E-state index contributed by atoms with van der Waals surface area (Å²) in [5.74, 6) is 0.675. The Kier molecular flexibility index (Phi) is 7.78. The van der Waals surface area contributed by atoms with E-state index < -0.39 is 0 Å². The first-order valence-corrected chi connectivity index (χ1v) is 20.3. The van der Waals surface area contributed by atoms with E-state index in [0.29, 0.717) is 5.82 Å². The molecule has 0 saturated carbocycles. The molecule has 0 saturated heterocycles. The van der Waals surface area contributed by atoms with Gasteiger partial charge in [-0.2, -0.15) is 0 Å². The van der Waals surface area contributed by atoms with Crippen LogP contribution >= 0.6 is 0 Å². The Balaban J connectivity index is 1.11. The number of benzene rings is 8. The number of hydrogen-bond donors (Lipinski definition) is 0. The second-order valence-corrected chi connectivity index (χ2v) is 15.3. The fourth-order valence-electron chi connectivity index (χ4n) is 9.06. The fraction of sp³-hybridized carbons (Fsp3) is 0. The molecule has 280 valence electrons. The van der Waals surface area contributed by atoms with E-state index in [1.165, 1.54) is 32.5 Å². The molecule has 12 aromatic rings. The van der Waals surface area contributed by atoms with Crippen LogP contribution in [-0.4, -0.2) is 24.1 Å². The number of pyridine rings is 1. The molecule has 0 unspecified atom stereocenters. The van der Waals surface area contributed by atoms with Crippen molar-refractivity contribution in [3.05, 3.63) is 213 Å². The zero-order chi connectivity index (χ0) is 39.6. The van der Waals surface area contributed by atoms with Gasteiger partial charge in [-0.15, -0.1) is 0 Å². The summed E-state index contributed by atoms with van der Waals surface area (Å²) in [5, 5.41) is 7.17. The van der Waals surface area contributed by atoms with Crippen LogP contribution in [0.3, 0.4) is 0 Å². The Labute approximate surface area is 346 Å². The number of rotatable bonds is 6. The van der Waals surface area contributed by atoms with Gasteiger partial charge in [0.25, 0.3) is 0 Å². The van der Waals surface area contributed by atoms with E-state index in [9.17, 15) is 0 Å². The molecule has 0 atom stereocenters. The summed E-state index contributed by atoms with van der Waals surface area (Å²) in [5.41, 5.74) is 13.7. The highest BCUT2D eigenvalue weighted by Gasteiger charge is 2.19. The lowest BCUT2D eigenvalue weighted by molar-refractivity contribution is 1.13. The van der Waals surface area contributed by atoms with Crippen LogP contribution in [0, 0.1) is 0 Å². The van der Waals surface area contributed by atoms with Crippen molar-refractivity contribution in [3.8, 4) is 56.4 Å². The first kappa shape index (κ1) is 33.9. The molecule has 5 nitrogen and oxygen atoms in total. The van der Waals surface area contributed by atoms with E-state index in [-0.39, 0.29) is 0 Å². The molecule has 4 heterocycles. The van der Waals surface area contributed by atoms with Crippen LogP contribution in [0.4, 0.5) is 0 Å². The van der Waals surface area contributed by atoms with Crippen molar-refractivity contribution in [2.45, 2.75) is 0 Å². The quantitative estimate of drug-likeness (QED) is 0.169. The van der Waals surface area contributed by atoms with Crippen LogP contribution in [-0.2, 0) is 0 Å². The summed E-state index contributed by atoms with van der Waals surface area (Å²) in [4.78, 5) is 14.9. The summed E-state index contributed by atoms with van der Waals surface area (Å²) in [6, 6.07) is 71.3. The van der Waals surface area contributed by atoms with Gasteiger partial charge in [0, 0.05) is 67.4 Å². The van der Waals surface area contributed by atoms with Crippen LogP contribution in [0.15, 0.2) is 213 Å². The highest BCUT2D eigenvalue weighted by Crippen LogP contribution is 2.39. The van der Waals surface area contributed by atoms with E-state index >= 15 is 0 Å². The Morgan fingerprint density at radius 2 is 0.833 bits per heavy atom. The first-order chi connectivity index (χ1) is 29.7. The minimum absolute atomic E-state index is 0.675. The molecular formula is C55H35N5. The maximum Gasteiger partial charge on any atom is 0.160 e. The lowest BCUT2D eigenvalue weighted by Gasteiger charge is -2.16. The molecule has 60 heavy (non-hydrogen) atoms. The average Bonchev–Trinajstić information content (AvgIpc) is 3.85. The van der Waals surface area contributed by atoms with Crippen molar-refractivity contribution in [1.29, 1.82) is 0 Å². The van der Waals surface area contributed by atoms with Crippen LogP contribution in [0.2, 0.25) is 0 Å². The summed E-state index contributed by atoms with van der Waals surface area (Å²) in [7, 11) is 0. The molecule has 0 spiro atoms. The van der Waals surface area contributed by atoms with Gasteiger partial charge in [-0.1, -0.05) is 146 Å². The largest absolute Gasteiger partial charge is 0.309 e. The zero-order valence-corrected chi connectivity index (χ0v) is 32.4. The maximum absolute atomic E-state index is 5.36. The number of para-hydroxylation sites is 4. The summed E-state index contributed by atoms with van der Waals surface area (Å²) in [6.07, 6.45) is 3.78. The third kappa shape index (κ3) is 5.52. The third-order valence-electron chi connectivity index (χ3n) is 11.8. The van der Waals surface area contributed by atoms with Crippen LogP contribution in [0.25, 0.3) is 111 Å². The lowest BCUT2D eigenvalue weighted by Crippen LogP contribution is -2.01. The van der Waals surface area contributed by atoms with Gasteiger partial charge in [-0.05, 0) is 71.1 Å². The normalized spacial score (nSPS) is 11.7. The smallest absolute Gasteiger partial charge is 0.160 e.